The molecule has 1 aliphatic carbocycles. The van der Waals surface area contributed by atoms with Gasteiger partial charge in [-0.3, -0.25) is 0 Å². The van der Waals surface area contributed by atoms with Crippen LogP contribution in [0.5, 0.6) is 5.75 Å². The van der Waals surface area contributed by atoms with Crippen molar-refractivity contribution in [2.45, 2.75) is 38.6 Å². The monoisotopic (exact) mass is 262 g/mol. The van der Waals surface area contributed by atoms with E-state index < -0.39 is 0 Å². The predicted molar refractivity (Wildman–Crippen MR) is 79.4 cm³/mol. The van der Waals surface area contributed by atoms with E-state index in [1.54, 1.807) is 0 Å². The van der Waals surface area contributed by atoms with Crippen molar-refractivity contribution in [1.29, 1.82) is 0 Å². The number of ether oxygens (including phenoxy) is 1. The third-order valence-electron chi connectivity index (χ3n) is 3.71. The van der Waals surface area contributed by atoms with Crippen molar-refractivity contribution in [3.63, 3.8) is 0 Å². The smallest absolute Gasteiger partial charge is 0.124 e. The van der Waals surface area contributed by atoms with Crippen molar-refractivity contribution < 1.29 is 4.74 Å². The first-order chi connectivity index (χ1) is 9.35. The van der Waals surface area contributed by atoms with E-state index in [-0.39, 0.29) is 6.04 Å². The summed E-state index contributed by atoms with van der Waals surface area (Å²) < 4.78 is 5.68. The molecule has 1 aromatic carbocycles. The molecule has 1 saturated carbocycles. The molecule has 1 unspecified atom stereocenters. The molecule has 19 heavy (non-hydrogen) atoms. The van der Waals surface area contributed by atoms with Crippen LogP contribution < -0.4 is 15.8 Å². The molecule has 0 aliphatic heterocycles. The Hall–Kier alpha value is -1.06. The largest absolute Gasteiger partial charge is 0.494 e. The summed E-state index contributed by atoms with van der Waals surface area (Å²) in [6.07, 6.45) is 5.48. The van der Waals surface area contributed by atoms with E-state index in [2.05, 4.69) is 11.4 Å². The Kier molecular flexibility index (Phi) is 5.67. The molecule has 106 valence electrons. The minimum Gasteiger partial charge on any atom is -0.494 e. The highest BCUT2D eigenvalue weighted by molar-refractivity contribution is 5.36. The minimum absolute atomic E-state index is 0.196. The summed E-state index contributed by atoms with van der Waals surface area (Å²) in [4.78, 5) is 0. The first kappa shape index (κ1) is 14.4. The van der Waals surface area contributed by atoms with E-state index in [1.165, 1.54) is 31.2 Å². The highest BCUT2D eigenvalue weighted by Crippen LogP contribution is 2.33. The topological polar surface area (TPSA) is 47.3 Å². The third kappa shape index (κ3) is 4.51. The second kappa shape index (κ2) is 7.51. The maximum atomic E-state index is 5.91. The Morgan fingerprint density at radius 2 is 2.16 bits per heavy atom. The van der Waals surface area contributed by atoms with Gasteiger partial charge in [0.15, 0.2) is 0 Å². The Bertz CT molecular complexity index is 377. The number of nitrogens with one attached hydrogen (secondary N) is 1. The number of rotatable bonds is 9. The molecule has 3 nitrogen and oxygen atoms in total. The van der Waals surface area contributed by atoms with Gasteiger partial charge in [0.05, 0.1) is 6.61 Å². The standard InChI is InChI=1S/C16H26N2O/c1-2-19-16-8-4-3-7-14(16)15(12-17)18-11-5-6-13-9-10-13/h3-4,7-8,13,15,18H,2,5-6,9-12,17H2,1H3. The lowest BCUT2D eigenvalue weighted by molar-refractivity contribution is 0.331. The fraction of sp³-hybridized carbons (Fsp3) is 0.625. The average Bonchev–Trinajstić information content (AvgIpc) is 3.25. The van der Waals surface area contributed by atoms with E-state index in [9.17, 15) is 0 Å². The Labute approximate surface area is 116 Å². The summed E-state index contributed by atoms with van der Waals surface area (Å²) in [5, 5.41) is 3.56. The first-order valence-corrected chi connectivity index (χ1v) is 7.50. The molecule has 2 rings (SSSR count). The van der Waals surface area contributed by atoms with Crippen LogP contribution in [-0.2, 0) is 0 Å². The van der Waals surface area contributed by atoms with Gasteiger partial charge >= 0.3 is 0 Å². The van der Waals surface area contributed by atoms with Gasteiger partial charge in [-0.15, -0.1) is 0 Å². The average molecular weight is 262 g/mol. The molecule has 3 N–H and O–H groups in total. The Balaban J connectivity index is 1.87. The molecule has 1 aromatic rings. The van der Waals surface area contributed by atoms with Crippen molar-refractivity contribution in [2.75, 3.05) is 19.7 Å². The molecule has 0 bridgehead atoms. The SMILES string of the molecule is CCOc1ccccc1C(CN)NCCCC1CC1. The van der Waals surface area contributed by atoms with Crippen molar-refractivity contribution in [2.24, 2.45) is 11.7 Å². The molecule has 0 amide bonds. The molecule has 1 aliphatic rings. The number of nitrogens with two attached hydrogens (primary N) is 1. The molecule has 3 heteroatoms. The van der Waals surface area contributed by atoms with Crippen LogP contribution in [-0.4, -0.2) is 19.7 Å². The van der Waals surface area contributed by atoms with Crippen LogP contribution in [0.25, 0.3) is 0 Å². The second-order valence-corrected chi connectivity index (χ2v) is 5.30. The van der Waals surface area contributed by atoms with Crippen molar-refractivity contribution in [1.82, 2.24) is 5.32 Å². The van der Waals surface area contributed by atoms with Gasteiger partial charge in [-0.25, -0.2) is 0 Å². The molecule has 1 atom stereocenters. The molecule has 0 heterocycles. The van der Waals surface area contributed by atoms with Gasteiger partial charge in [-0.05, 0) is 38.3 Å². The summed E-state index contributed by atoms with van der Waals surface area (Å²) in [5.74, 6) is 1.96. The molecule has 0 radical (unpaired) electrons. The fourth-order valence-electron chi connectivity index (χ4n) is 2.45. The molecule has 0 spiro atoms. The van der Waals surface area contributed by atoms with Gasteiger partial charge in [0.25, 0.3) is 0 Å². The van der Waals surface area contributed by atoms with Gasteiger partial charge in [-0.1, -0.05) is 31.0 Å². The maximum absolute atomic E-state index is 5.91. The highest BCUT2D eigenvalue weighted by Gasteiger charge is 2.20. The molecular formula is C16H26N2O. The number of hydrogen-bond acceptors (Lipinski definition) is 3. The lowest BCUT2D eigenvalue weighted by atomic mass is 10.1. The Morgan fingerprint density at radius 3 is 2.84 bits per heavy atom. The zero-order valence-electron chi connectivity index (χ0n) is 11.9. The van der Waals surface area contributed by atoms with E-state index in [0.717, 1.165) is 18.2 Å². The number of benzene rings is 1. The third-order valence-corrected chi connectivity index (χ3v) is 3.71. The summed E-state index contributed by atoms with van der Waals surface area (Å²) in [7, 11) is 0. The molecule has 0 saturated heterocycles. The zero-order chi connectivity index (χ0) is 13.5. The predicted octanol–water partition coefficient (Wildman–Crippen LogP) is 2.86. The van der Waals surface area contributed by atoms with E-state index in [0.29, 0.717) is 13.2 Å². The minimum atomic E-state index is 0.196. The van der Waals surface area contributed by atoms with Crippen molar-refractivity contribution in [3.8, 4) is 5.75 Å². The number of hydrogen-bond donors (Lipinski definition) is 2. The molecular weight excluding hydrogens is 236 g/mol. The zero-order valence-corrected chi connectivity index (χ0v) is 11.9. The quantitative estimate of drug-likeness (QED) is 0.673. The van der Waals surface area contributed by atoms with Crippen LogP contribution in [0.15, 0.2) is 24.3 Å². The lowest BCUT2D eigenvalue weighted by Gasteiger charge is -2.20. The van der Waals surface area contributed by atoms with Crippen LogP contribution in [0.2, 0.25) is 0 Å². The maximum Gasteiger partial charge on any atom is 0.124 e. The van der Waals surface area contributed by atoms with Crippen molar-refractivity contribution in [3.05, 3.63) is 29.8 Å². The van der Waals surface area contributed by atoms with Gasteiger partial charge in [0.2, 0.25) is 0 Å². The summed E-state index contributed by atoms with van der Waals surface area (Å²) in [6, 6.07) is 8.38. The van der Waals surface area contributed by atoms with Crippen molar-refractivity contribution >= 4 is 0 Å². The molecule has 0 aromatic heterocycles. The molecule has 1 fully saturated rings. The summed E-state index contributed by atoms with van der Waals surface area (Å²) in [6.45, 7) is 4.35. The van der Waals surface area contributed by atoms with Crippen LogP contribution in [0.3, 0.4) is 0 Å². The van der Waals surface area contributed by atoms with Crippen LogP contribution in [0, 0.1) is 5.92 Å². The van der Waals surface area contributed by atoms with E-state index in [1.807, 2.05) is 25.1 Å². The van der Waals surface area contributed by atoms with Gasteiger partial charge in [0, 0.05) is 18.2 Å². The normalized spacial score (nSPS) is 16.3. The lowest BCUT2D eigenvalue weighted by Crippen LogP contribution is -2.29. The fourth-order valence-corrected chi connectivity index (χ4v) is 2.45. The van der Waals surface area contributed by atoms with E-state index in [4.69, 9.17) is 10.5 Å². The summed E-state index contributed by atoms with van der Waals surface area (Å²) >= 11 is 0. The Morgan fingerprint density at radius 1 is 1.37 bits per heavy atom. The highest BCUT2D eigenvalue weighted by atomic mass is 16.5. The van der Waals surface area contributed by atoms with E-state index >= 15 is 0 Å². The van der Waals surface area contributed by atoms with Crippen LogP contribution in [0.4, 0.5) is 0 Å². The van der Waals surface area contributed by atoms with Gasteiger partial charge in [0.1, 0.15) is 5.75 Å². The first-order valence-electron chi connectivity index (χ1n) is 7.50. The number of para-hydroxylation sites is 1. The summed E-state index contributed by atoms with van der Waals surface area (Å²) in [5.41, 5.74) is 7.09. The second-order valence-electron chi connectivity index (χ2n) is 5.30. The van der Waals surface area contributed by atoms with Gasteiger partial charge < -0.3 is 15.8 Å². The van der Waals surface area contributed by atoms with Crippen LogP contribution in [0.1, 0.15) is 44.2 Å². The van der Waals surface area contributed by atoms with Crippen LogP contribution >= 0.6 is 0 Å². The van der Waals surface area contributed by atoms with Gasteiger partial charge in [-0.2, -0.15) is 0 Å².